The predicted molar refractivity (Wildman–Crippen MR) is 148 cm³/mol. The first-order valence-corrected chi connectivity index (χ1v) is 12.8. The fourth-order valence-electron chi connectivity index (χ4n) is 3.05. The van der Waals surface area contributed by atoms with Crippen molar-refractivity contribution < 1.29 is 17.5 Å². The lowest BCUT2D eigenvalue weighted by Crippen LogP contribution is -2.27. The van der Waals surface area contributed by atoms with Gasteiger partial charge in [0.15, 0.2) is 0 Å². The summed E-state index contributed by atoms with van der Waals surface area (Å²) in [7, 11) is -4.67. The Kier molecular flexibility index (Phi) is 18.9. The fraction of sp³-hybridized carbons (Fsp3) is 0.286. The first-order chi connectivity index (χ1) is 16.7. The third-order valence-corrected chi connectivity index (χ3v) is 4.68. The highest BCUT2D eigenvalue weighted by Gasteiger charge is 2.04. The molecular weight excluding hydrogens is 460 g/mol. The molecule has 0 heterocycles. The molecule has 0 aliphatic heterocycles. The zero-order valence-electron chi connectivity index (χ0n) is 20.4. The molecule has 0 radical (unpaired) electrons. The van der Waals surface area contributed by atoms with Gasteiger partial charge in [-0.2, -0.15) is 8.42 Å². The Hall–Kier alpha value is -2.81. The summed E-state index contributed by atoms with van der Waals surface area (Å²) >= 11 is 0. The Morgan fingerprint density at radius 1 is 0.629 bits per heavy atom. The summed E-state index contributed by atoms with van der Waals surface area (Å²) in [6.07, 6.45) is 11.7. The van der Waals surface area contributed by atoms with Crippen LogP contribution in [0.25, 0.3) is 0 Å². The summed E-state index contributed by atoms with van der Waals surface area (Å²) in [5.74, 6) is 0. The molecule has 2 aromatic carbocycles. The molecule has 0 aromatic heterocycles. The molecule has 6 nitrogen and oxygen atoms in total. The molecule has 4 N–H and O–H groups in total. The fourth-order valence-corrected chi connectivity index (χ4v) is 3.05. The van der Waals surface area contributed by atoms with E-state index in [0.717, 1.165) is 38.8 Å². The third-order valence-electron chi connectivity index (χ3n) is 4.68. The second kappa shape index (κ2) is 20.6. The van der Waals surface area contributed by atoms with Crippen LogP contribution in [0, 0.1) is 0 Å². The smallest absolute Gasteiger partial charge is 0.309 e. The molecule has 2 rings (SSSR count). The summed E-state index contributed by atoms with van der Waals surface area (Å²) in [6.45, 7) is 16.9. The SMILES string of the molecule is C=CCC(CC=C)NCc1ccccc1.C=CCC(CC=C)NCc1ccccc1.O=S(=O)(O)O. The molecule has 0 amide bonds. The number of rotatable bonds is 14. The molecule has 7 heteroatoms. The van der Waals surface area contributed by atoms with Crippen molar-refractivity contribution in [2.45, 2.75) is 50.9 Å². The normalized spacial score (nSPS) is 10.4. The van der Waals surface area contributed by atoms with Gasteiger partial charge in [0.05, 0.1) is 0 Å². The zero-order valence-corrected chi connectivity index (χ0v) is 21.2. The number of nitrogens with one attached hydrogen (secondary N) is 2. The van der Waals surface area contributed by atoms with Crippen LogP contribution in [0.5, 0.6) is 0 Å². The highest BCUT2D eigenvalue weighted by Crippen LogP contribution is 2.04. The van der Waals surface area contributed by atoms with Crippen LogP contribution in [0.4, 0.5) is 0 Å². The molecule has 192 valence electrons. The van der Waals surface area contributed by atoms with Gasteiger partial charge in [-0.05, 0) is 36.8 Å². The van der Waals surface area contributed by atoms with Crippen LogP contribution in [0.15, 0.2) is 111 Å². The monoisotopic (exact) mass is 500 g/mol. The average molecular weight is 501 g/mol. The molecule has 0 atom stereocenters. The van der Waals surface area contributed by atoms with Crippen molar-refractivity contribution in [3.8, 4) is 0 Å². The van der Waals surface area contributed by atoms with Crippen molar-refractivity contribution >= 4 is 10.4 Å². The summed E-state index contributed by atoms with van der Waals surface area (Å²) in [5.41, 5.74) is 2.63. The van der Waals surface area contributed by atoms with E-state index in [-0.39, 0.29) is 0 Å². The molecule has 0 aliphatic carbocycles. The Balaban J connectivity index is 0.000000555. The van der Waals surface area contributed by atoms with E-state index in [1.165, 1.54) is 11.1 Å². The van der Waals surface area contributed by atoms with Gasteiger partial charge in [0, 0.05) is 25.2 Å². The number of hydrogen-bond donors (Lipinski definition) is 4. The molecule has 0 fully saturated rings. The van der Waals surface area contributed by atoms with Gasteiger partial charge < -0.3 is 10.6 Å². The molecule has 0 aliphatic rings. The van der Waals surface area contributed by atoms with Gasteiger partial charge in [0.25, 0.3) is 0 Å². The summed E-state index contributed by atoms with van der Waals surface area (Å²) in [6, 6.07) is 21.8. The van der Waals surface area contributed by atoms with Gasteiger partial charge in [-0.25, -0.2) is 0 Å². The average Bonchev–Trinajstić information content (AvgIpc) is 2.82. The van der Waals surface area contributed by atoms with Crippen molar-refractivity contribution in [2.24, 2.45) is 0 Å². The summed E-state index contributed by atoms with van der Waals surface area (Å²) in [5, 5.41) is 6.99. The largest absolute Gasteiger partial charge is 0.394 e. The van der Waals surface area contributed by atoms with Gasteiger partial charge in [0.1, 0.15) is 0 Å². The van der Waals surface area contributed by atoms with Crippen molar-refractivity contribution in [2.75, 3.05) is 0 Å². The van der Waals surface area contributed by atoms with Gasteiger partial charge in [-0.1, -0.05) is 85.0 Å². The first-order valence-electron chi connectivity index (χ1n) is 11.4. The minimum absolute atomic E-state index is 0.459. The maximum atomic E-state index is 8.74. The van der Waals surface area contributed by atoms with Gasteiger partial charge in [-0.3, -0.25) is 9.11 Å². The lowest BCUT2D eigenvalue weighted by molar-refractivity contribution is 0.381. The number of hydrogen-bond acceptors (Lipinski definition) is 4. The lowest BCUT2D eigenvalue weighted by Gasteiger charge is -2.15. The topological polar surface area (TPSA) is 98.7 Å². The Morgan fingerprint density at radius 3 is 1.11 bits per heavy atom. The van der Waals surface area contributed by atoms with Crippen molar-refractivity contribution in [3.63, 3.8) is 0 Å². The lowest BCUT2D eigenvalue weighted by atomic mass is 10.1. The second-order valence-electron chi connectivity index (χ2n) is 7.67. The molecule has 0 spiro atoms. The third kappa shape index (κ3) is 21.5. The second-order valence-corrected chi connectivity index (χ2v) is 8.57. The van der Waals surface area contributed by atoms with Crippen LogP contribution in [-0.2, 0) is 23.5 Å². The van der Waals surface area contributed by atoms with E-state index in [4.69, 9.17) is 17.5 Å². The maximum absolute atomic E-state index is 8.74. The molecule has 35 heavy (non-hydrogen) atoms. The minimum Gasteiger partial charge on any atom is -0.309 e. The molecule has 0 saturated heterocycles. The van der Waals surface area contributed by atoms with Crippen LogP contribution in [-0.4, -0.2) is 29.6 Å². The molecule has 0 unspecified atom stereocenters. The van der Waals surface area contributed by atoms with Crippen molar-refractivity contribution in [1.82, 2.24) is 10.6 Å². The first kappa shape index (κ1) is 32.2. The van der Waals surface area contributed by atoms with Crippen molar-refractivity contribution in [3.05, 3.63) is 122 Å². The quantitative estimate of drug-likeness (QED) is 0.189. The van der Waals surface area contributed by atoms with E-state index in [1.807, 2.05) is 36.4 Å². The maximum Gasteiger partial charge on any atom is 0.394 e. The molecule has 0 bridgehead atoms. The Bertz CT molecular complexity index is 840. The van der Waals surface area contributed by atoms with Gasteiger partial charge in [-0.15, -0.1) is 26.3 Å². The standard InChI is InChI=1S/2C14H19N.H2O4S/c2*1-3-8-14(9-4-2)15-12-13-10-6-5-7-11-13;1-5(2,3)4/h2*3-7,10-11,14-15H,1-2,8-9,12H2;(H2,1,2,3,4). The molecular formula is C28H40N2O4S. The van der Waals surface area contributed by atoms with Crippen LogP contribution in [0.3, 0.4) is 0 Å². The molecule has 0 saturated carbocycles. The molecule has 2 aromatic rings. The summed E-state index contributed by atoms with van der Waals surface area (Å²) in [4.78, 5) is 0. The van der Waals surface area contributed by atoms with Crippen molar-refractivity contribution in [1.29, 1.82) is 0 Å². The van der Waals surface area contributed by atoms with Crippen LogP contribution >= 0.6 is 0 Å². The van der Waals surface area contributed by atoms with E-state index in [9.17, 15) is 0 Å². The predicted octanol–water partition coefficient (Wildman–Crippen LogP) is 5.94. The minimum atomic E-state index is -4.67. The van der Waals surface area contributed by atoms with Gasteiger partial charge >= 0.3 is 10.4 Å². The zero-order chi connectivity index (χ0) is 26.4. The highest BCUT2D eigenvalue weighted by molar-refractivity contribution is 7.79. The van der Waals surface area contributed by atoms with Gasteiger partial charge in [0.2, 0.25) is 0 Å². The number of benzene rings is 2. The van der Waals surface area contributed by atoms with E-state index in [1.54, 1.807) is 0 Å². The van der Waals surface area contributed by atoms with Crippen LogP contribution in [0.2, 0.25) is 0 Å². The van der Waals surface area contributed by atoms with Crippen LogP contribution < -0.4 is 10.6 Å². The Morgan fingerprint density at radius 2 is 0.886 bits per heavy atom. The van der Waals surface area contributed by atoms with E-state index in [2.05, 4.69) is 85.5 Å². The van der Waals surface area contributed by atoms with E-state index < -0.39 is 10.4 Å². The van der Waals surface area contributed by atoms with E-state index >= 15 is 0 Å². The highest BCUT2D eigenvalue weighted by atomic mass is 32.3. The van der Waals surface area contributed by atoms with E-state index in [0.29, 0.717) is 12.1 Å². The Labute approximate surface area is 211 Å². The van der Waals surface area contributed by atoms with Crippen LogP contribution in [0.1, 0.15) is 36.8 Å². The summed E-state index contributed by atoms with van der Waals surface area (Å²) < 4.78 is 31.6.